The molecule has 2 atom stereocenters. The predicted molar refractivity (Wildman–Crippen MR) is 67.8 cm³/mol. The molecule has 2 aliphatic heterocycles. The van der Waals surface area contributed by atoms with E-state index in [0.717, 1.165) is 12.1 Å². The van der Waals surface area contributed by atoms with E-state index in [-0.39, 0.29) is 12.4 Å². The number of nitrogens with one attached hydrogen (secondary N) is 1. The zero-order valence-electron chi connectivity index (χ0n) is 9.87. The monoisotopic (exact) mass is 232 g/mol. The van der Waals surface area contributed by atoms with Crippen LogP contribution < -0.4 is 5.32 Å². The highest BCUT2D eigenvalue weighted by atomic mass is 35.5. The van der Waals surface area contributed by atoms with E-state index >= 15 is 0 Å². The maximum Gasteiger partial charge on any atom is 0.0195 e. The fourth-order valence-electron chi connectivity index (χ4n) is 2.96. The van der Waals surface area contributed by atoms with Crippen LogP contribution in [-0.2, 0) is 0 Å². The van der Waals surface area contributed by atoms with Crippen molar-refractivity contribution in [3.63, 3.8) is 0 Å². The summed E-state index contributed by atoms with van der Waals surface area (Å²) in [4.78, 5) is 2.73. The van der Waals surface area contributed by atoms with Gasteiger partial charge in [-0.3, -0.25) is 4.90 Å². The molecule has 2 heterocycles. The molecule has 1 N–H and O–H groups in total. The van der Waals surface area contributed by atoms with Crippen molar-refractivity contribution in [3.05, 3.63) is 0 Å². The topological polar surface area (TPSA) is 15.3 Å². The summed E-state index contributed by atoms with van der Waals surface area (Å²) in [5.41, 5.74) is 0. The molecule has 2 fully saturated rings. The molecule has 0 aromatic heterocycles. The van der Waals surface area contributed by atoms with Crippen LogP contribution in [0.25, 0.3) is 0 Å². The number of halogens is 1. The summed E-state index contributed by atoms with van der Waals surface area (Å²) < 4.78 is 0. The van der Waals surface area contributed by atoms with Crippen molar-refractivity contribution in [2.45, 2.75) is 57.5 Å². The van der Waals surface area contributed by atoms with Gasteiger partial charge < -0.3 is 5.32 Å². The maximum absolute atomic E-state index is 3.61. The van der Waals surface area contributed by atoms with Crippen LogP contribution in [0.4, 0.5) is 0 Å². The van der Waals surface area contributed by atoms with E-state index in [2.05, 4.69) is 17.1 Å². The van der Waals surface area contributed by atoms with Crippen LogP contribution in [0.1, 0.15) is 45.4 Å². The molecule has 2 unspecified atom stereocenters. The summed E-state index contributed by atoms with van der Waals surface area (Å²) in [6.45, 7) is 6.23. The summed E-state index contributed by atoms with van der Waals surface area (Å²) in [6.07, 6.45) is 8.43. The Kier molecular flexibility index (Phi) is 5.95. The zero-order chi connectivity index (χ0) is 9.80. The van der Waals surface area contributed by atoms with Gasteiger partial charge in [0.25, 0.3) is 0 Å². The standard InChI is InChI=1S/C12H24N2.ClH/c1-2-12-7-3-4-9-14(12)10-11-6-5-8-13-11;/h11-13H,2-10H2,1H3;1H. The summed E-state index contributed by atoms with van der Waals surface area (Å²) >= 11 is 0. The van der Waals surface area contributed by atoms with Crippen molar-refractivity contribution in [2.24, 2.45) is 0 Å². The van der Waals surface area contributed by atoms with Crippen LogP contribution in [0, 0.1) is 0 Å². The Morgan fingerprint density at radius 2 is 2.07 bits per heavy atom. The molecular weight excluding hydrogens is 208 g/mol. The molecule has 2 saturated heterocycles. The third-order valence-corrected chi connectivity index (χ3v) is 3.84. The first-order valence-electron chi connectivity index (χ1n) is 6.37. The predicted octanol–water partition coefficient (Wildman–Crippen LogP) is 2.42. The number of nitrogens with zero attached hydrogens (tertiary/aromatic N) is 1. The molecule has 0 bridgehead atoms. The molecular formula is C12H25ClN2. The lowest BCUT2D eigenvalue weighted by Gasteiger charge is -2.36. The fourth-order valence-corrected chi connectivity index (χ4v) is 2.96. The molecule has 2 rings (SSSR count). The number of hydrogen-bond acceptors (Lipinski definition) is 2. The van der Waals surface area contributed by atoms with Crippen molar-refractivity contribution in [1.29, 1.82) is 0 Å². The second-order valence-corrected chi connectivity index (χ2v) is 4.85. The molecule has 3 heteroatoms. The highest BCUT2D eigenvalue weighted by Gasteiger charge is 2.24. The Labute approximate surface area is 100 Å². The van der Waals surface area contributed by atoms with Gasteiger partial charge in [0.2, 0.25) is 0 Å². The second kappa shape index (κ2) is 6.72. The van der Waals surface area contributed by atoms with Crippen molar-refractivity contribution in [2.75, 3.05) is 19.6 Å². The lowest BCUT2D eigenvalue weighted by atomic mass is 9.99. The lowest BCUT2D eigenvalue weighted by Crippen LogP contribution is -2.45. The first kappa shape index (κ1) is 13.3. The summed E-state index contributed by atoms with van der Waals surface area (Å²) in [5, 5.41) is 3.61. The van der Waals surface area contributed by atoms with Gasteiger partial charge in [-0.25, -0.2) is 0 Å². The number of piperidine rings is 1. The fraction of sp³-hybridized carbons (Fsp3) is 1.00. The van der Waals surface area contributed by atoms with Crippen molar-refractivity contribution in [3.8, 4) is 0 Å². The van der Waals surface area contributed by atoms with Crippen LogP contribution in [0.5, 0.6) is 0 Å². The Balaban J connectivity index is 0.00000112. The minimum Gasteiger partial charge on any atom is -0.313 e. The first-order chi connectivity index (χ1) is 6.90. The van der Waals surface area contributed by atoms with Gasteiger partial charge in [0.15, 0.2) is 0 Å². The van der Waals surface area contributed by atoms with Gasteiger partial charge in [0.1, 0.15) is 0 Å². The third-order valence-electron chi connectivity index (χ3n) is 3.84. The van der Waals surface area contributed by atoms with E-state index in [1.807, 2.05) is 0 Å². The number of rotatable bonds is 3. The highest BCUT2D eigenvalue weighted by Crippen LogP contribution is 2.20. The molecule has 2 nitrogen and oxygen atoms in total. The summed E-state index contributed by atoms with van der Waals surface area (Å²) in [7, 11) is 0. The van der Waals surface area contributed by atoms with E-state index in [4.69, 9.17) is 0 Å². The van der Waals surface area contributed by atoms with Crippen molar-refractivity contribution >= 4 is 12.4 Å². The molecule has 0 radical (unpaired) electrons. The molecule has 0 saturated carbocycles. The van der Waals surface area contributed by atoms with Gasteiger partial charge in [-0.1, -0.05) is 13.3 Å². The molecule has 0 aromatic carbocycles. The molecule has 0 aromatic rings. The van der Waals surface area contributed by atoms with E-state index in [0.29, 0.717) is 0 Å². The van der Waals surface area contributed by atoms with E-state index in [9.17, 15) is 0 Å². The quantitative estimate of drug-likeness (QED) is 0.804. The van der Waals surface area contributed by atoms with E-state index < -0.39 is 0 Å². The average Bonchev–Trinajstić information content (AvgIpc) is 2.71. The van der Waals surface area contributed by atoms with Gasteiger partial charge >= 0.3 is 0 Å². The molecule has 2 aliphatic rings. The normalized spacial score (nSPS) is 32.6. The second-order valence-electron chi connectivity index (χ2n) is 4.85. The Morgan fingerprint density at radius 3 is 2.73 bits per heavy atom. The van der Waals surface area contributed by atoms with Gasteiger partial charge in [-0.05, 0) is 45.2 Å². The Bertz CT molecular complexity index is 169. The largest absolute Gasteiger partial charge is 0.313 e. The smallest absolute Gasteiger partial charge is 0.0195 e. The lowest BCUT2D eigenvalue weighted by molar-refractivity contribution is 0.132. The summed E-state index contributed by atoms with van der Waals surface area (Å²) in [6, 6.07) is 1.67. The highest BCUT2D eigenvalue weighted by molar-refractivity contribution is 5.85. The van der Waals surface area contributed by atoms with Crippen LogP contribution >= 0.6 is 12.4 Å². The van der Waals surface area contributed by atoms with E-state index in [1.165, 1.54) is 58.2 Å². The Morgan fingerprint density at radius 1 is 1.20 bits per heavy atom. The first-order valence-corrected chi connectivity index (χ1v) is 6.37. The van der Waals surface area contributed by atoms with Crippen LogP contribution in [-0.4, -0.2) is 36.6 Å². The van der Waals surface area contributed by atoms with Crippen LogP contribution in [0.3, 0.4) is 0 Å². The minimum atomic E-state index is 0. The summed E-state index contributed by atoms with van der Waals surface area (Å²) in [5.74, 6) is 0. The zero-order valence-corrected chi connectivity index (χ0v) is 10.7. The number of hydrogen-bond donors (Lipinski definition) is 1. The van der Waals surface area contributed by atoms with Crippen LogP contribution in [0.2, 0.25) is 0 Å². The average molecular weight is 233 g/mol. The third kappa shape index (κ3) is 3.61. The maximum atomic E-state index is 3.61. The molecule has 0 spiro atoms. The van der Waals surface area contributed by atoms with Gasteiger partial charge in [-0.15, -0.1) is 12.4 Å². The van der Waals surface area contributed by atoms with Crippen LogP contribution in [0.15, 0.2) is 0 Å². The molecule has 90 valence electrons. The Hall–Kier alpha value is 0.210. The minimum absolute atomic E-state index is 0. The molecule has 0 amide bonds. The van der Waals surface area contributed by atoms with Crippen molar-refractivity contribution < 1.29 is 0 Å². The molecule has 0 aliphatic carbocycles. The number of likely N-dealkylation sites (tertiary alicyclic amines) is 1. The SMILES string of the molecule is CCC1CCCCN1CC1CCCN1.Cl. The van der Waals surface area contributed by atoms with E-state index in [1.54, 1.807) is 0 Å². The van der Waals surface area contributed by atoms with Gasteiger partial charge in [-0.2, -0.15) is 0 Å². The molecule has 15 heavy (non-hydrogen) atoms. The van der Waals surface area contributed by atoms with Crippen molar-refractivity contribution in [1.82, 2.24) is 10.2 Å². The van der Waals surface area contributed by atoms with Gasteiger partial charge in [0, 0.05) is 18.6 Å². The van der Waals surface area contributed by atoms with Gasteiger partial charge in [0.05, 0.1) is 0 Å².